The first-order valence-corrected chi connectivity index (χ1v) is 6.16. The molecular weight excluding hydrogens is 258 g/mol. The first kappa shape index (κ1) is 14.0. The molecule has 0 aliphatic heterocycles. The van der Waals surface area contributed by atoms with Gasteiger partial charge in [-0.15, -0.1) is 0 Å². The maximum absolute atomic E-state index is 11.7. The van der Waals surface area contributed by atoms with Crippen molar-refractivity contribution in [1.29, 1.82) is 0 Å². The number of carbonyl (C=O) groups excluding carboxylic acids is 1. The van der Waals surface area contributed by atoms with Gasteiger partial charge >= 0.3 is 0 Å². The van der Waals surface area contributed by atoms with E-state index < -0.39 is 6.10 Å². The van der Waals surface area contributed by atoms with Crippen molar-refractivity contribution >= 4 is 5.91 Å². The van der Waals surface area contributed by atoms with Crippen LogP contribution in [0, 0.1) is 0 Å². The van der Waals surface area contributed by atoms with E-state index in [0.717, 1.165) is 0 Å². The molecule has 1 aromatic carbocycles. The minimum absolute atomic E-state index is 0.0856. The Labute approximate surface area is 116 Å². The van der Waals surface area contributed by atoms with Crippen LogP contribution in [-0.4, -0.2) is 40.2 Å². The van der Waals surface area contributed by atoms with Gasteiger partial charge in [0.15, 0.2) is 0 Å². The van der Waals surface area contributed by atoms with Crippen LogP contribution in [-0.2, 0) is 0 Å². The van der Waals surface area contributed by atoms with Crippen LogP contribution in [0.5, 0.6) is 5.75 Å². The molecule has 6 heteroatoms. The van der Waals surface area contributed by atoms with Crippen molar-refractivity contribution in [2.45, 2.75) is 6.10 Å². The molecule has 0 bridgehead atoms. The van der Waals surface area contributed by atoms with E-state index in [2.05, 4.69) is 15.3 Å². The predicted molar refractivity (Wildman–Crippen MR) is 72.3 cm³/mol. The molecule has 1 atom stereocenters. The van der Waals surface area contributed by atoms with E-state index in [1.54, 1.807) is 12.1 Å². The Balaban J connectivity index is 1.73. The minimum Gasteiger partial charge on any atom is -0.491 e. The molecule has 1 amide bonds. The van der Waals surface area contributed by atoms with Crippen LogP contribution in [0.15, 0.2) is 48.9 Å². The van der Waals surface area contributed by atoms with Gasteiger partial charge < -0.3 is 15.2 Å². The number of amides is 1. The number of rotatable bonds is 6. The second-order valence-corrected chi connectivity index (χ2v) is 4.08. The van der Waals surface area contributed by atoms with Crippen molar-refractivity contribution in [3.63, 3.8) is 0 Å². The summed E-state index contributed by atoms with van der Waals surface area (Å²) in [5, 5.41) is 12.3. The Morgan fingerprint density at radius 1 is 1.30 bits per heavy atom. The van der Waals surface area contributed by atoms with Gasteiger partial charge in [0, 0.05) is 18.9 Å². The monoisotopic (exact) mass is 273 g/mol. The van der Waals surface area contributed by atoms with Crippen LogP contribution < -0.4 is 10.1 Å². The molecule has 20 heavy (non-hydrogen) atoms. The average molecular weight is 273 g/mol. The summed E-state index contributed by atoms with van der Waals surface area (Å²) in [6.07, 6.45) is 3.49. The fourth-order valence-corrected chi connectivity index (χ4v) is 1.49. The molecule has 0 aliphatic carbocycles. The Morgan fingerprint density at radius 2 is 2.10 bits per heavy atom. The number of carbonyl (C=O) groups is 1. The van der Waals surface area contributed by atoms with E-state index in [-0.39, 0.29) is 24.8 Å². The van der Waals surface area contributed by atoms with Gasteiger partial charge in [0.05, 0.1) is 6.20 Å². The van der Waals surface area contributed by atoms with Gasteiger partial charge in [-0.25, -0.2) is 4.98 Å². The molecule has 0 aliphatic rings. The maximum Gasteiger partial charge on any atom is 0.271 e. The van der Waals surface area contributed by atoms with E-state index in [4.69, 9.17) is 4.74 Å². The molecule has 2 N–H and O–H groups in total. The van der Waals surface area contributed by atoms with E-state index in [0.29, 0.717) is 5.75 Å². The molecule has 0 unspecified atom stereocenters. The van der Waals surface area contributed by atoms with Crippen molar-refractivity contribution in [1.82, 2.24) is 15.3 Å². The molecule has 0 fully saturated rings. The lowest BCUT2D eigenvalue weighted by Crippen LogP contribution is -2.35. The number of hydrogen-bond donors (Lipinski definition) is 2. The quantitative estimate of drug-likeness (QED) is 0.807. The van der Waals surface area contributed by atoms with Gasteiger partial charge in [0.25, 0.3) is 5.91 Å². The number of aromatic nitrogens is 2. The lowest BCUT2D eigenvalue weighted by molar-refractivity contribution is 0.0839. The second-order valence-electron chi connectivity index (χ2n) is 4.08. The largest absolute Gasteiger partial charge is 0.491 e. The van der Waals surface area contributed by atoms with Crippen LogP contribution in [0.3, 0.4) is 0 Å². The van der Waals surface area contributed by atoms with Crippen molar-refractivity contribution < 1.29 is 14.6 Å². The van der Waals surface area contributed by atoms with E-state index >= 15 is 0 Å². The van der Waals surface area contributed by atoms with Crippen LogP contribution >= 0.6 is 0 Å². The third-order valence-electron chi connectivity index (χ3n) is 2.48. The molecule has 2 rings (SSSR count). The zero-order valence-electron chi connectivity index (χ0n) is 10.8. The highest BCUT2D eigenvalue weighted by Gasteiger charge is 2.10. The molecule has 2 aromatic rings. The van der Waals surface area contributed by atoms with Crippen molar-refractivity contribution in [3.8, 4) is 5.75 Å². The SMILES string of the molecule is O=C(NC[C@H](O)COc1ccccc1)c1cnccn1. The lowest BCUT2D eigenvalue weighted by atomic mass is 10.3. The third kappa shape index (κ3) is 4.33. The Kier molecular flexibility index (Phi) is 5.02. The molecule has 0 radical (unpaired) electrons. The molecule has 1 heterocycles. The first-order chi connectivity index (χ1) is 9.75. The van der Waals surface area contributed by atoms with Gasteiger partial charge in [-0.05, 0) is 12.1 Å². The molecule has 0 saturated carbocycles. The molecule has 0 saturated heterocycles. The zero-order chi connectivity index (χ0) is 14.2. The summed E-state index contributed by atoms with van der Waals surface area (Å²) < 4.78 is 5.38. The number of nitrogens with zero attached hydrogens (tertiary/aromatic N) is 2. The number of aliphatic hydroxyl groups is 1. The van der Waals surface area contributed by atoms with Crippen LogP contribution in [0.25, 0.3) is 0 Å². The molecule has 104 valence electrons. The normalized spacial score (nSPS) is 11.7. The number of aliphatic hydroxyl groups excluding tert-OH is 1. The molecular formula is C14H15N3O3. The number of para-hydroxylation sites is 1. The fraction of sp³-hybridized carbons (Fsp3) is 0.214. The predicted octanol–water partition coefficient (Wildman–Crippen LogP) is 0.646. The standard InChI is InChI=1S/C14H15N3O3/c18-11(10-20-12-4-2-1-3-5-12)8-17-14(19)13-9-15-6-7-16-13/h1-7,9,11,18H,8,10H2,(H,17,19)/t11-/m0/s1. The third-order valence-corrected chi connectivity index (χ3v) is 2.48. The van der Waals surface area contributed by atoms with Gasteiger partial charge in [0.2, 0.25) is 0 Å². The second kappa shape index (κ2) is 7.20. The highest BCUT2D eigenvalue weighted by molar-refractivity contribution is 5.91. The summed E-state index contributed by atoms with van der Waals surface area (Å²) >= 11 is 0. The smallest absolute Gasteiger partial charge is 0.271 e. The highest BCUT2D eigenvalue weighted by atomic mass is 16.5. The van der Waals surface area contributed by atoms with E-state index in [9.17, 15) is 9.90 Å². The summed E-state index contributed by atoms with van der Waals surface area (Å²) in [5.74, 6) is 0.295. The summed E-state index contributed by atoms with van der Waals surface area (Å²) in [6.45, 7) is 0.188. The first-order valence-electron chi connectivity index (χ1n) is 6.16. The number of benzene rings is 1. The Hall–Kier alpha value is -2.47. The van der Waals surface area contributed by atoms with Gasteiger partial charge in [-0.3, -0.25) is 9.78 Å². The molecule has 1 aromatic heterocycles. The van der Waals surface area contributed by atoms with Gasteiger partial charge in [-0.1, -0.05) is 18.2 Å². The number of ether oxygens (including phenoxy) is 1. The average Bonchev–Trinajstić information content (AvgIpc) is 2.52. The molecule has 0 spiro atoms. The van der Waals surface area contributed by atoms with Gasteiger partial charge in [-0.2, -0.15) is 0 Å². The lowest BCUT2D eigenvalue weighted by Gasteiger charge is -2.13. The zero-order valence-corrected chi connectivity index (χ0v) is 10.8. The van der Waals surface area contributed by atoms with Crippen molar-refractivity contribution in [2.75, 3.05) is 13.2 Å². The Bertz CT molecular complexity index is 534. The highest BCUT2D eigenvalue weighted by Crippen LogP contribution is 2.08. The summed E-state index contributed by atoms with van der Waals surface area (Å²) in [6, 6.07) is 9.16. The number of nitrogens with one attached hydrogen (secondary N) is 1. The Morgan fingerprint density at radius 3 is 2.80 bits per heavy atom. The van der Waals surface area contributed by atoms with Crippen molar-refractivity contribution in [2.24, 2.45) is 0 Å². The van der Waals surface area contributed by atoms with E-state index in [1.807, 2.05) is 18.2 Å². The fourth-order valence-electron chi connectivity index (χ4n) is 1.49. The molecule has 6 nitrogen and oxygen atoms in total. The van der Waals surface area contributed by atoms with Crippen LogP contribution in [0.4, 0.5) is 0 Å². The number of hydrogen-bond acceptors (Lipinski definition) is 5. The van der Waals surface area contributed by atoms with E-state index in [1.165, 1.54) is 18.6 Å². The summed E-state index contributed by atoms with van der Waals surface area (Å²) in [7, 11) is 0. The topological polar surface area (TPSA) is 84.3 Å². The summed E-state index contributed by atoms with van der Waals surface area (Å²) in [5.41, 5.74) is 0.212. The van der Waals surface area contributed by atoms with Crippen molar-refractivity contribution in [3.05, 3.63) is 54.6 Å². The van der Waals surface area contributed by atoms with Crippen LogP contribution in [0.1, 0.15) is 10.5 Å². The van der Waals surface area contributed by atoms with Crippen LogP contribution in [0.2, 0.25) is 0 Å². The maximum atomic E-state index is 11.7. The summed E-state index contributed by atoms with van der Waals surface area (Å²) in [4.78, 5) is 19.3. The minimum atomic E-state index is -0.796. The van der Waals surface area contributed by atoms with Gasteiger partial charge in [0.1, 0.15) is 24.2 Å².